The quantitative estimate of drug-likeness (QED) is 0.542. The number of pyridine rings is 1. The molecule has 0 saturated carbocycles. The van der Waals surface area contributed by atoms with Crippen molar-refractivity contribution >= 4 is 22.4 Å². The summed E-state index contributed by atoms with van der Waals surface area (Å²) in [5.41, 5.74) is 3.17. The standard InChI is InChI=1S/C25H29F2N5O2/c1-15(17-5-4-6-18(9-17)25(26,27)14-33-3)29-24-22-10-19(11-28-23(22)16(2)30-31-24)32-12-20-7-8-21(13-32)34-20/h4-6,9-11,15,20-21H,7-8,12-14H2,1-3H3,(H,29,31)/t15-,20?,21?/m1/s1. The van der Waals surface area contributed by atoms with Gasteiger partial charge in [0.15, 0.2) is 5.82 Å². The lowest BCUT2D eigenvalue weighted by atomic mass is 10.0. The van der Waals surface area contributed by atoms with Gasteiger partial charge in [0, 0.05) is 31.1 Å². The third-order valence-electron chi connectivity index (χ3n) is 6.67. The Bertz CT molecular complexity index is 1180. The van der Waals surface area contributed by atoms with E-state index in [0.717, 1.165) is 53.8 Å². The Morgan fingerprint density at radius 2 is 1.97 bits per heavy atom. The van der Waals surface area contributed by atoms with Gasteiger partial charge in [0.05, 0.1) is 41.3 Å². The van der Waals surface area contributed by atoms with Crippen LogP contribution in [0.2, 0.25) is 0 Å². The molecule has 0 amide bonds. The Kier molecular flexibility index (Phi) is 6.07. The molecule has 0 aliphatic carbocycles. The number of anilines is 2. The monoisotopic (exact) mass is 469 g/mol. The number of halogens is 2. The third kappa shape index (κ3) is 4.42. The second kappa shape index (κ2) is 9.03. The highest BCUT2D eigenvalue weighted by atomic mass is 19.3. The zero-order chi connectivity index (χ0) is 23.9. The van der Waals surface area contributed by atoms with Crippen LogP contribution in [0.1, 0.15) is 42.6 Å². The second-order valence-electron chi connectivity index (χ2n) is 9.22. The molecule has 2 aliphatic heterocycles. The number of alkyl halides is 2. The molecular weight excluding hydrogens is 440 g/mol. The van der Waals surface area contributed by atoms with Crippen LogP contribution in [0.4, 0.5) is 20.3 Å². The number of aromatic nitrogens is 3. The third-order valence-corrected chi connectivity index (χ3v) is 6.67. The molecule has 1 aromatic carbocycles. The van der Waals surface area contributed by atoms with E-state index < -0.39 is 12.5 Å². The lowest BCUT2D eigenvalue weighted by Gasteiger charge is -2.33. The Morgan fingerprint density at radius 3 is 2.71 bits per heavy atom. The fourth-order valence-electron chi connectivity index (χ4n) is 4.84. The largest absolute Gasteiger partial charge is 0.378 e. The van der Waals surface area contributed by atoms with E-state index in [-0.39, 0.29) is 23.8 Å². The Hall–Kier alpha value is -2.91. The van der Waals surface area contributed by atoms with Gasteiger partial charge in [-0.25, -0.2) is 0 Å². The summed E-state index contributed by atoms with van der Waals surface area (Å²) in [6.45, 7) is 4.83. The molecule has 5 rings (SSSR count). The lowest BCUT2D eigenvalue weighted by molar-refractivity contribution is -0.0698. The molecule has 3 aromatic rings. The van der Waals surface area contributed by atoms with E-state index in [0.29, 0.717) is 5.82 Å². The van der Waals surface area contributed by atoms with E-state index in [1.165, 1.54) is 19.2 Å². The van der Waals surface area contributed by atoms with Gasteiger partial charge in [-0.05, 0) is 44.4 Å². The normalized spacial score (nSPS) is 21.1. The zero-order valence-electron chi connectivity index (χ0n) is 19.6. The molecule has 34 heavy (non-hydrogen) atoms. The van der Waals surface area contributed by atoms with Gasteiger partial charge in [-0.1, -0.05) is 18.2 Å². The Morgan fingerprint density at radius 1 is 1.21 bits per heavy atom. The van der Waals surface area contributed by atoms with Crippen LogP contribution < -0.4 is 10.2 Å². The van der Waals surface area contributed by atoms with Gasteiger partial charge >= 0.3 is 0 Å². The van der Waals surface area contributed by atoms with Crippen LogP contribution in [0.5, 0.6) is 0 Å². The first kappa shape index (κ1) is 22.9. The van der Waals surface area contributed by atoms with Crippen molar-refractivity contribution in [3.8, 4) is 0 Å². The summed E-state index contributed by atoms with van der Waals surface area (Å²) >= 11 is 0. The van der Waals surface area contributed by atoms with Crippen LogP contribution in [-0.2, 0) is 15.4 Å². The van der Waals surface area contributed by atoms with Gasteiger partial charge in [0.25, 0.3) is 5.92 Å². The van der Waals surface area contributed by atoms with Crippen LogP contribution >= 0.6 is 0 Å². The molecule has 2 aliphatic rings. The zero-order valence-corrected chi connectivity index (χ0v) is 19.6. The summed E-state index contributed by atoms with van der Waals surface area (Å²) in [4.78, 5) is 7.02. The van der Waals surface area contributed by atoms with Crippen molar-refractivity contribution in [1.82, 2.24) is 15.2 Å². The molecule has 1 N–H and O–H groups in total. The van der Waals surface area contributed by atoms with Crippen LogP contribution in [-0.4, -0.2) is 54.2 Å². The molecule has 2 aromatic heterocycles. The maximum atomic E-state index is 14.4. The van der Waals surface area contributed by atoms with Crippen molar-refractivity contribution in [3.63, 3.8) is 0 Å². The molecule has 2 fully saturated rings. The van der Waals surface area contributed by atoms with E-state index >= 15 is 0 Å². The number of nitrogens with zero attached hydrogens (tertiary/aromatic N) is 4. The van der Waals surface area contributed by atoms with Crippen LogP contribution in [0.25, 0.3) is 10.9 Å². The number of morpholine rings is 1. The minimum absolute atomic E-state index is 0.0775. The van der Waals surface area contributed by atoms with Gasteiger partial charge in [0.2, 0.25) is 0 Å². The fourth-order valence-corrected chi connectivity index (χ4v) is 4.84. The first-order valence-electron chi connectivity index (χ1n) is 11.6. The van der Waals surface area contributed by atoms with Crippen LogP contribution in [0.15, 0.2) is 36.5 Å². The topological polar surface area (TPSA) is 72.4 Å². The van der Waals surface area contributed by atoms with Gasteiger partial charge < -0.3 is 19.7 Å². The number of hydrogen-bond acceptors (Lipinski definition) is 7. The smallest absolute Gasteiger partial charge is 0.296 e. The molecule has 0 radical (unpaired) electrons. The van der Waals surface area contributed by atoms with Crippen LogP contribution in [0, 0.1) is 6.92 Å². The molecular formula is C25H29F2N5O2. The molecule has 2 saturated heterocycles. The molecule has 2 unspecified atom stereocenters. The summed E-state index contributed by atoms with van der Waals surface area (Å²) < 4.78 is 39.4. The first-order chi connectivity index (χ1) is 16.3. The van der Waals surface area contributed by atoms with Crippen molar-refractivity contribution in [2.75, 3.05) is 37.0 Å². The SMILES string of the molecule is COCC(F)(F)c1cccc([C@@H](C)Nc2nnc(C)c3ncc(N4CC5CCC(C4)O5)cc23)c1. The maximum Gasteiger partial charge on any atom is 0.296 e. The predicted octanol–water partition coefficient (Wildman–Crippen LogP) is 4.61. The van der Waals surface area contributed by atoms with Crippen molar-refractivity contribution < 1.29 is 18.3 Å². The minimum atomic E-state index is -3.06. The van der Waals surface area contributed by atoms with Gasteiger partial charge in [-0.2, -0.15) is 13.9 Å². The van der Waals surface area contributed by atoms with E-state index in [1.807, 2.05) is 26.1 Å². The summed E-state index contributed by atoms with van der Waals surface area (Å²) in [5, 5.41) is 12.9. The molecule has 180 valence electrons. The fraction of sp³-hybridized carbons (Fsp3) is 0.480. The first-order valence-corrected chi connectivity index (χ1v) is 11.6. The minimum Gasteiger partial charge on any atom is -0.378 e. The number of ether oxygens (including phenoxy) is 2. The van der Waals surface area contributed by atoms with Crippen molar-refractivity contribution in [1.29, 1.82) is 0 Å². The average molecular weight is 470 g/mol. The van der Waals surface area contributed by atoms with Gasteiger partial charge in [-0.3, -0.25) is 4.98 Å². The highest BCUT2D eigenvalue weighted by Crippen LogP contribution is 2.34. The van der Waals surface area contributed by atoms with Crippen LogP contribution in [0.3, 0.4) is 0 Å². The molecule has 7 nitrogen and oxygen atoms in total. The summed E-state index contributed by atoms with van der Waals surface area (Å²) in [6.07, 6.45) is 4.62. The van der Waals surface area contributed by atoms with Crippen molar-refractivity contribution in [2.24, 2.45) is 0 Å². The summed E-state index contributed by atoms with van der Waals surface area (Å²) in [7, 11) is 1.27. The molecule has 3 atom stereocenters. The van der Waals surface area contributed by atoms with Crippen molar-refractivity contribution in [2.45, 2.75) is 50.9 Å². The number of benzene rings is 1. The maximum absolute atomic E-state index is 14.4. The van der Waals surface area contributed by atoms with E-state index in [4.69, 9.17) is 14.5 Å². The highest BCUT2D eigenvalue weighted by Gasteiger charge is 2.34. The predicted molar refractivity (Wildman–Crippen MR) is 126 cm³/mol. The van der Waals surface area contributed by atoms with E-state index in [2.05, 4.69) is 26.5 Å². The number of nitrogens with one attached hydrogen (secondary N) is 1. The molecule has 2 bridgehead atoms. The Labute approximate surface area is 197 Å². The molecule has 0 spiro atoms. The summed E-state index contributed by atoms with van der Waals surface area (Å²) in [5.74, 6) is -2.48. The number of rotatable bonds is 7. The number of aryl methyl sites for hydroxylation is 1. The summed E-state index contributed by atoms with van der Waals surface area (Å²) in [6, 6.07) is 8.20. The molecule has 4 heterocycles. The molecule has 9 heteroatoms. The average Bonchev–Trinajstić information content (AvgIpc) is 3.18. The van der Waals surface area contributed by atoms with Crippen molar-refractivity contribution in [3.05, 3.63) is 53.3 Å². The second-order valence-corrected chi connectivity index (χ2v) is 9.22. The number of methoxy groups -OCH3 is 1. The lowest BCUT2D eigenvalue weighted by Crippen LogP contribution is -2.42. The Balaban J connectivity index is 1.44. The van der Waals surface area contributed by atoms with Gasteiger partial charge in [0.1, 0.15) is 6.61 Å². The van der Waals surface area contributed by atoms with E-state index in [9.17, 15) is 8.78 Å². The number of fused-ring (bicyclic) bond motifs is 3. The van der Waals surface area contributed by atoms with E-state index in [1.54, 1.807) is 6.07 Å². The highest BCUT2D eigenvalue weighted by molar-refractivity contribution is 5.92. The number of hydrogen-bond donors (Lipinski definition) is 1. The van der Waals surface area contributed by atoms with Gasteiger partial charge in [-0.15, -0.1) is 5.10 Å².